The molecule has 0 saturated carbocycles. The fourth-order valence-electron chi connectivity index (χ4n) is 1.60. The van der Waals surface area contributed by atoms with Crippen molar-refractivity contribution >= 4 is 0 Å². The molecule has 0 heterocycles. The Bertz CT molecular complexity index is 266. The lowest BCUT2D eigenvalue weighted by molar-refractivity contribution is 0.888. The first-order chi connectivity index (χ1) is 6.31. The van der Waals surface area contributed by atoms with E-state index in [0.29, 0.717) is 6.54 Å². The largest absolute Gasteiger partial charge is 0.326 e. The minimum absolute atomic E-state index is 0.666. The Hall–Kier alpha value is -0.820. The van der Waals surface area contributed by atoms with E-state index in [9.17, 15) is 0 Å². The van der Waals surface area contributed by atoms with Crippen molar-refractivity contribution < 1.29 is 0 Å². The van der Waals surface area contributed by atoms with Crippen molar-refractivity contribution in [1.82, 2.24) is 0 Å². The molecule has 2 N–H and O–H groups in total. The monoisotopic (exact) mass is 177 g/mol. The summed E-state index contributed by atoms with van der Waals surface area (Å²) in [6.45, 7) is 5.06. The summed E-state index contributed by atoms with van der Waals surface area (Å²) in [6.07, 6.45) is 3.46. The molecule has 1 rings (SSSR count). The third-order valence-corrected chi connectivity index (χ3v) is 2.42. The minimum atomic E-state index is 0.666. The quantitative estimate of drug-likeness (QED) is 0.751. The highest BCUT2D eigenvalue weighted by atomic mass is 14.5. The summed E-state index contributed by atoms with van der Waals surface area (Å²) >= 11 is 0. The first kappa shape index (κ1) is 10.3. The molecule has 0 unspecified atom stereocenters. The highest BCUT2D eigenvalue weighted by molar-refractivity contribution is 5.32. The number of aryl methyl sites for hydroxylation is 2. The van der Waals surface area contributed by atoms with Gasteiger partial charge in [-0.15, -0.1) is 0 Å². The fourth-order valence-corrected chi connectivity index (χ4v) is 1.60. The molecule has 0 aliphatic heterocycles. The van der Waals surface area contributed by atoms with Gasteiger partial charge in [-0.3, -0.25) is 0 Å². The Kier molecular flexibility index (Phi) is 3.97. The lowest BCUT2D eigenvalue weighted by Crippen LogP contribution is -2.02. The van der Waals surface area contributed by atoms with E-state index in [1.54, 1.807) is 0 Å². The van der Waals surface area contributed by atoms with Crippen molar-refractivity contribution in [3.05, 3.63) is 34.9 Å². The van der Waals surface area contributed by atoms with Crippen molar-refractivity contribution in [3.8, 4) is 0 Å². The van der Waals surface area contributed by atoms with E-state index in [4.69, 9.17) is 5.73 Å². The molecule has 1 aromatic carbocycles. The minimum Gasteiger partial charge on any atom is -0.326 e. The zero-order valence-electron chi connectivity index (χ0n) is 8.64. The second kappa shape index (κ2) is 5.03. The molecule has 0 aromatic heterocycles. The van der Waals surface area contributed by atoms with Gasteiger partial charge in [0.15, 0.2) is 0 Å². The Morgan fingerprint density at radius 3 is 2.46 bits per heavy atom. The Labute approximate surface area is 81.0 Å². The van der Waals surface area contributed by atoms with Gasteiger partial charge in [-0.25, -0.2) is 0 Å². The zero-order chi connectivity index (χ0) is 9.68. The van der Waals surface area contributed by atoms with Crippen LogP contribution in [0.25, 0.3) is 0 Å². The van der Waals surface area contributed by atoms with E-state index in [2.05, 4.69) is 32.0 Å². The van der Waals surface area contributed by atoms with Gasteiger partial charge in [-0.2, -0.15) is 0 Å². The first-order valence-electron chi connectivity index (χ1n) is 5.12. The van der Waals surface area contributed by atoms with Gasteiger partial charge in [-0.05, 0) is 29.5 Å². The summed E-state index contributed by atoms with van der Waals surface area (Å²) in [6, 6.07) is 6.65. The van der Waals surface area contributed by atoms with Crippen LogP contribution in [0.15, 0.2) is 18.2 Å². The van der Waals surface area contributed by atoms with Crippen molar-refractivity contribution in [2.24, 2.45) is 5.73 Å². The van der Waals surface area contributed by atoms with Crippen molar-refractivity contribution in [3.63, 3.8) is 0 Å². The van der Waals surface area contributed by atoms with E-state index in [-0.39, 0.29) is 0 Å². The van der Waals surface area contributed by atoms with Crippen LogP contribution in [0, 0.1) is 0 Å². The van der Waals surface area contributed by atoms with Crippen LogP contribution in [0.2, 0.25) is 0 Å². The highest BCUT2D eigenvalue weighted by Gasteiger charge is 2.00. The van der Waals surface area contributed by atoms with Crippen LogP contribution in [0.1, 0.15) is 37.0 Å². The summed E-state index contributed by atoms with van der Waals surface area (Å²) in [4.78, 5) is 0. The molecule has 0 spiro atoms. The normalized spacial score (nSPS) is 10.4. The van der Waals surface area contributed by atoms with Crippen molar-refractivity contribution in [2.45, 2.75) is 39.7 Å². The average Bonchev–Trinajstić information content (AvgIpc) is 2.18. The molecule has 1 aromatic rings. The number of benzene rings is 1. The Morgan fingerprint density at radius 1 is 1.15 bits per heavy atom. The van der Waals surface area contributed by atoms with Crippen molar-refractivity contribution in [2.75, 3.05) is 0 Å². The summed E-state index contributed by atoms with van der Waals surface area (Å²) in [5, 5.41) is 0. The summed E-state index contributed by atoms with van der Waals surface area (Å²) < 4.78 is 0. The van der Waals surface area contributed by atoms with Gasteiger partial charge in [0.1, 0.15) is 0 Å². The maximum absolute atomic E-state index is 5.67. The predicted octanol–water partition coefficient (Wildman–Crippen LogP) is 2.66. The highest BCUT2D eigenvalue weighted by Crippen LogP contribution is 2.14. The van der Waals surface area contributed by atoms with E-state index < -0.39 is 0 Å². The second-order valence-corrected chi connectivity index (χ2v) is 3.41. The molecule has 1 nitrogen and oxygen atoms in total. The van der Waals surface area contributed by atoms with Crippen LogP contribution in [-0.2, 0) is 19.4 Å². The van der Waals surface area contributed by atoms with Gasteiger partial charge < -0.3 is 5.73 Å². The number of hydrogen-bond donors (Lipinski definition) is 1. The van der Waals surface area contributed by atoms with Crippen LogP contribution in [0.3, 0.4) is 0 Å². The first-order valence-corrected chi connectivity index (χ1v) is 5.12. The molecule has 0 bridgehead atoms. The van der Waals surface area contributed by atoms with Crippen LogP contribution in [0.5, 0.6) is 0 Å². The maximum atomic E-state index is 5.67. The molecule has 72 valence electrons. The molecule has 13 heavy (non-hydrogen) atoms. The Morgan fingerprint density at radius 2 is 1.92 bits per heavy atom. The predicted molar refractivity (Wildman–Crippen MR) is 57.7 cm³/mol. The standard InChI is InChI=1S/C12H19N/c1-3-5-11-8-10(4-2)6-7-12(11)9-13/h6-8H,3-5,9,13H2,1-2H3. The van der Waals surface area contributed by atoms with Crippen molar-refractivity contribution in [1.29, 1.82) is 0 Å². The van der Waals surface area contributed by atoms with Gasteiger partial charge in [0, 0.05) is 6.54 Å². The molecule has 1 heteroatoms. The molecular formula is C12H19N. The summed E-state index contributed by atoms with van der Waals surface area (Å²) in [7, 11) is 0. The molecule has 0 fully saturated rings. The zero-order valence-corrected chi connectivity index (χ0v) is 8.64. The molecule has 0 atom stereocenters. The van der Waals surface area contributed by atoms with Gasteiger partial charge >= 0.3 is 0 Å². The molecule has 0 radical (unpaired) electrons. The third-order valence-electron chi connectivity index (χ3n) is 2.42. The van der Waals surface area contributed by atoms with Gasteiger partial charge in [0.25, 0.3) is 0 Å². The lowest BCUT2D eigenvalue weighted by atomic mass is 9.99. The van der Waals surface area contributed by atoms with Gasteiger partial charge in [0.2, 0.25) is 0 Å². The van der Waals surface area contributed by atoms with Crippen LogP contribution < -0.4 is 5.73 Å². The van der Waals surface area contributed by atoms with E-state index in [1.165, 1.54) is 23.1 Å². The average molecular weight is 177 g/mol. The summed E-state index contributed by atoms with van der Waals surface area (Å²) in [5.41, 5.74) is 9.83. The smallest absolute Gasteiger partial charge is 0.0180 e. The van der Waals surface area contributed by atoms with E-state index >= 15 is 0 Å². The number of hydrogen-bond acceptors (Lipinski definition) is 1. The van der Waals surface area contributed by atoms with E-state index in [0.717, 1.165) is 12.8 Å². The number of nitrogens with two attached hydrogens (primary N) is 1. The molecule has 0 aliphatic carbocycles. The summed E-state index contributed by atoms with van der Waals surface area (Å²) in [5.74, 6) is 0. The SMILES string of the molecule is CCCc1cc(CC)ccc1CN. The van der Waals surface area contributed by atoms with Gasteiger partial charge in [0.05, 0.1) is 0 Å². The molecule has 0 amide bonds. The molecular weight excluding hydrogens is 158 g/mol. The van der Waals surface area contributed by atoms with E-state index in [1.807, 2.05) is 0 Å². The molecule has 0 saturated heterocycles. The van der Waals surface area contributed by atoms with Crippen LogP contribution >= 0.6 is 0 Å². The topological polar surface area (TPSA) is 26.0 Å². The maximum Gasteiger partial charge on any atom is 0.0180 e. The fraction of sp³-hybridized carbons (Fsp3) is 0.500. The Balaban J connectivity index is 2.95. The second-order valence-electron chi connectivity index (χ2n) is 3.41. The molecule has 0 aliphatic rings. The van der Waals surface area contributed by atoms with Crippen LogP contribution in [-0.4, -0.2) is 0 Å². The van der Waals surface area contributed by atoms with Gasteiger partial charge in [-0.1, -0.05) is 38.5 Å². The van der Waals surface area contributed by atoms with Crippen LogP contribution in [0.4, 0.5) is 0 Å². The number of rotatable bonds is 4. The third kappa shape index (κ3) is 2.56. The lowest BCUT2D eigenvalue weighted by Gasteiger charge is -2.08.